The van der Waals surface area contributed by atoms with Crippen LogP contribution in [0.3, 0.4) is 0 Å². The summed E-state index contributed by atoms with van der Waals surface area (Å²) in [7, 11) is 0. The van der Waals surface area contributed by atoms with E-state index in [1.165, 1.54) is 0 Å². The number of morpholine rings is 1. The van der Waals surface area contributed by atoms with Crippen LogP contribution in [0, 0.1) is 5.92 Å². The molecule has 5 N–H and O–H groups in total. The maximum atomic E-state index is 13.5. The Balaban J connectivity index is 1.49. The van der Waals surface area contributed by atoms with Crippen LogP contribution in [0.25, 0.3) is 10.9 Å². The van der Waals surface area contributed by atoms with E-state index in [0.717, 1.165) is 18.7 Å². The number of anilines is 4. The highest BCUT2D eigenvalue weighted by Crippen LogP contribution is 2.31. The molecule has 1 aromatic carbocycles. The summed E-state index contributed by atoms with van der Waals surface area (Å²) in [6, 6.07) is 8.56. The van der Waals surface area contributed by atoms with Crippen LogP contribution in [-0.2, 0) is 9.53 Å². The molecule has 2 aromatic heterocycles. The van der Waals surface area contributed by atoms with Crippen LogP contribution in [0.2, 0.25) is 0 Å². The summed E-state index contributed by atoms with van der Waals surface area (Å²) in [6.45, 7) is 4.37. The zero-order valence-electron chi connectivity index (χ0n) is 20.9. The van der Waals surface area contributed by atoms with Crippen molar-refractivity contribution in [3.8, 4) is 0 Å². The van der Waals surface area contributed by atoms with E-state index in [0.29, 0.717) is 47.9 Å². The van der Waals surface area contributed by atoms with Crippen LogP contribution < -0.4 is 26.2 Å². The number of carboxylic acid groups (broad SMARTS) is 1. The second kappa shape index (κ2) is 10.6. The number of hydrogen-bond acceptors (Lipinski definition) is 8. The van der Waals surface area contributed by atoms with Gasteiger partial charge in [0.1, 0.15) is 6.61 Å². The van der Waals surface area contributed by atoms with Gasteiger partial charge >= 0.3 is 6.09 Å². The van der Waals surface area contributed by atoms with E-state index in [1.54, 1.807) is 41.6 Å². The van der Waals surface area contributed by atoms with Crippen LogP contribution in [0.5, 0.6) is 0 Å². The van der Waals surface area contributed by atoms with Crippen LogP contribution in [0.4, 0.5) is 27.5 Å². The standard InChI is InChI=1S/C26H29N7O5/c1-15-8-17(27)13-32(12-15)22-4-5-28-11-21(22)30-25(35)24-20(31-26(36)37)9-16-2-3-18(10-19(16)29-24)33-6-7-38-14-23(33)34/h2-5,9-11,15,17,31H,6-8,12-14,27H2,1H3,(H,30,35)(H,36,37)/t15-,17+/m1/s1. The van der Waals surface area contributed by atoms with Crippen LogP contribution in [0.1, 0.15) is 23.8 Å². The molecule has 198 valence electrons. The van der Waals surface area contributed by atoms with Crippen LogP contribution in [0.15, 0.2) is 42.7 Å². The predicted octanol–water partition coefficient (Wildman–Crippen LogP) is 2.51. The SMILES string of the molecule is C[C@@H]1C[C@H](N)CN(c2ccncc2NC(=O)c2nc3cc(N4CCOCC4=O)ccc3cc2NC(=O)O)C1. The fourth-order valence-corrected chi connectivity index (χ4v) is 5.04. The number of rotatable bonds is 5. The third-order valence-electron chi connectivity index (χ3n) is 6.63. The van der Waals surface area contributed by atoms with Crippen molar-refractivity contribution in [3.63, 3.8) is 0 Å². The summed E-state index contributed by atoms with van der Waals surface area (Å²) >= 11 is 0. The summed E-state index contributed by atoms with van der Waals surface area (Å²) in [5, 5.41) is 15.1. The third kappa shape index (κ3) is 5.36. The third-order valence-corrected chi connectivity index (χ3v) is 6.63. The minimum absolute atomic E-state index is 0.00522. The number of benzene rings is 1. The molecule has 2 aliphatic rings. The van der Waals surface area contributed by atoms with Gasteiger partial charge in [-0.3, -0.25) is 19.9 Å². The molecule has 2 fully saturated rings. The topological polar surface area (TPSA) is 163 Å². The van der Waals surface area contributed by atoms with E-state index in [4.69, 9.17) is 10.5 Å². The van der Waals surface area contributed by atoms with Crippen molar-refractivity contribution >= 4 is 51.6 Å². The normalized spacial score (nSPS) is 19.9. The lowest BCUT2D eigenvalue weighted by Gasteiger charge is -2.37. The molecule has 0 unspecified atom stereocenters. The Hall–Kier alpha value is -4.29. The van der Waals surface area contributed by atoms with Crippen molar-refractivity contribution in [2.45, 2.75) is 19.4 Å². The van der Waals surface area contributed by atoms with Gasteiger partial charge in [0, 0.05) is 42.9 Å². The lowest BCUT2D eigenvalue weighted by molar-refractivity contribution is -0.125. The lowest BCUT2D eigenvalue weighted by Crippen LogP contribution is -2.46. The van der Waals surface area contributed by atoms with Gasteiger partial charge in [-0.1, -0.05) is 13.0 Å². The molecule has 0 spiro atoms. The van der Waals surface area contributed by atoms with Gasteiger partial charge in [-0.25, -0.2) is 9.78 Å². The monoisotopic (exact) mass is 519 g/mol. The highest BCUT2D eigenvalue weighted by atomic mass is 16.5. The van der Waals surface area contributed by atoms with Gasteiger partial charge in [0.05, 0.1) is 35.4 Å². The van der Waals surface area contributed by atoms with E-state index < -0.39 is 12.0 Å². The molecular formula is C26H29N7O5. The molecule has 0 bridgehead atoms. The predicted molar refractivity (Wildman–Crippen MR) is 143 cm³/mol. The molecule has 5 rings (SSSR count). The van der Waals surface area contributed by atoms with Gasteiger partial charge in [0.15, 0.2) is 5.69 Å². The molecule has 38 heavy (non-hydrogen) atoms. The number of nitrogens with two attached hydrogens (primary N) is 1. The molecule has 2 saturated heterocycles. The number of ether oxygens (including phenoxy) is 1. The quantitative estimate of drug-likeness (QED) is 0.397. The number of fused-ring (bicyclic) bond motifs is 1. The highest BCUT2D eigenvalue weighted by Gasteiger charge is 2.26. The molecule has 3 aromatic rings. The minimum atomic E-state index is -1.32. The minimum Gasteiger partial charge on any atom is -0.465 e. The number of amides is 3. The van der Waals surface area contributed by atoms with E-state index in [9.17, 15) is 19.5 Å². The van der Waals surface area contributed by atoms with Crippen molar-refractivity contribution < 1.29 is 24.2 Å². The Morgan fingerprint density at radius 3 is 2.76 bits per heavy atom. The molecule has 0 aliphatic carbocycles. The molecule has 0 saturated carbocycles. The summed E-state index contributed by atoms with van der Waals surface area (Å²) in [5.41, 5.74) is 8.47. The lowest BCUT2D eigenvalue weighted by atomic mass is 9.96. The number of hydrogen-bond donors (Lipinski definition) is 4. The molecule has 2 atom stereocenters. The Bertz CT molecular complexity index is 1390. The summed E-state index contributed by atoms with van der Waals surface area (Å²) in [6.07, 6.45) is 2.79. The van der Waals surface area contributed by atoms with Gasteiger partial charge in [-0.05, 0) is 36.6 Å². The molecule has 4 heterocycles. The number of piperidine rings is 1. The molecule has 12 heteroatoms. The van der Waals surface area contributed by atoms with Crippen LogP contribution in [-0.4, -0.2) is 71.9 Å². The van der Waals surface area contributed by atoms with Crippen LogP contribution >= 0.6 is 0 Å². The Kier molecular flexibility index (Phi) is 7.07. The first kappa shape index (κ1) is 25.4. The first-order valence-electron chi connectivity index (χ1n) is 12.4. The average molecular weight is 520 g/mol. The van der Waals surface area contributed by atoms with Gasteiger partial charge < -0.3 is 30.7 Å². The molecule has 0 radical (unpaired) electrons. The molecule has 12 nitrogen and oxygen atoms in total. The zero-order chi connectivity index (χ0) is 26.8. The van der Waals surface area contributed by atoms with Crippen molar-refractivity contribution in [1.29, 1.82) is 0 Å². The molecular weight excluding hydrogens is 490 g/mol. The zero-order valence-corrected chi connectivity index (χ0v) is 20.9. The number of nitrogens with one attached hydrogen (secondary N) is 2. The Morgan fingerprint density at radius 1 is 1.16 bits per heavy atom. The van der Waals surface area contributed by atoms with Gasteiger partial charge in [0.2, 0.25) is 0 Å². The first-order chi connectivity index (χ1) is 18.3. The van der Waals surface area contributed by atoms with E-state index in [2.05, 4.69) is 32.4 Å². The maximum absolute atomic E-state index is 13.5. The van der Waals surface area contributed by atoms with Crippen molar-refractivity contribution in [2.24, 2.45) is 11.7 Å². The highest BCUT2D eigenvalue weighted by molar-refractivity contribution is 6.11. The second-order valence-electron chi connectivity index (χ2n) is 9.64. The smallest absolute Gasteiger partial charge is 0.409 e. The van der Waals surface area contributed by atoms with Crippen molar-refractivity contribution in [3.05, 3.63) is 48.4 Å². The second-order valence-corrected chi connectivity index (χ2v) is 9.64. The maximum Gasteiger partial charge on any atom is 0.409 e. The summed E-state index contributed by atoms with van der Waals surface area (Å²) in [4.78, 5) is 49.7. The summed E-state index contributed by atoms with van der Waals surface area (Å²) in [5.74, 6) is -0.391. The number of carbonyl (C=O) groups excluding carboxylic acids is 2. The Morgan fingerprint density at radius 2 is 2.00 bits per heavy atom. The first-order valence-corrected chi connectivity index (χ1v) is 12.4. The van der Waals surface area contributed by atoms with E-state index >= 15 is 0 Å². The molecule has 3 amide bonds. The number of pyridine rings is 2. The molecule has 2 aliphatic heterocycles. The fraction of sp³-hybridized carbons (Fsp3) is 0.346. The van der Waals surface area contributed by atoms with E-state index in [-0.39, 0.29) is 29.9 Å². The number of carbonyl (C=O) groups is 3. The number of aromatic nitrogens is 2. The summed E-state index contributed by atoms with van der Waals surface area (Å²) < 4.78 is 5.21. The van der Waals surface area contributed by atoms with Crippen molar-refractivity contribution in [1.82, 2.24) is 9.97 Å². The Labute approximate surface area is 218 Å². The fourth-order valence-electron chi connectivity index (χ4n) is 5.04. The van der Waals surface area contributed by atoms with Crippen molar-refractivity contribution in [2.75, 3.05) is 53.3 Å². The van der Waals surface area contributed by atoms with Gasteiger partial charge in [-0.2, -0.15) is 0 Å². The van der Waals surface area contributed by atoms with E-state index in [1.807, 2.05) is 6.07 Å². The average Bonchev–Trinajstić information content (AvgIpc) is 2.88. The van der Waals surface area contributed by atoms with Gasteiger partial charge in [0.25, 0.3) is 11.8 Å². The number of nitrogens with zero attached hydrogens (tertiary/aromatic N) is 4. The van der Waals surface area contributed by atoms with Gasteiger partial charge in [-0.15, -0.1) is 0 Å². The largest absolute Gasteiger partial charge is 0.465 e.